The van der Waals surface area contributed by atoms with Gasteiger partial charge in [0.15, 0.2) is 0 Å². The molecule has 2 aromatic carbocycles. The van der Waals surface area contributed by atoms with Crippen LogP contribution in [0.3, 0.4) is 0 Å². The first-order valence-corrected chi connectivity index (χ1v) is 17.3. The minimum Gasteiger partial charge on any atom is -0.453 e. The smallest absolute Gasteiger partial charge is 0.407 e. The summed E-state index contributed by atoms with van der Waals surface area (Å²) >= 11 is 0. The average Bonchev–Trinajstić information content (AvgIpc) is 3.98. The van der Waals surface area contributed by atoms with Crippen LogP contribution in [-0.2, 0) is 25.5 Å². The van der Waals surface area contributed by atoms with E-state index in [1.165, 1.54) is 36.5 Å². The molecule has 0 unspecified atom stereocenters. The number of nitrogens with zero attached hydrogens (tertiary/aromatic N) is 4. The number of hydrogen-bond donors (Lipinski definition) is 4. The lowest BCUT2D eigenvalue weighted by Gasteiger charge is -2.26. The quantitative estimate of drug-likeness (QED) is 0.178. The zero-order chi connectivity index (χ0) is 35.8. The normalized spacial score (nSPS) is 18.9. The number of carbonyl (C=O) groups is 4. The molecule has 0 saturated carbocycles. The van der Waals surface area contributed by atoms with Gasteiger partial charge in [0.2, 0.25) is 11.8 Å². The Hall–Kier alpha value is -5.66. The van der Waals surface area contributed by atoms with Crippen molar-refractivity contribution in [3.63, 3.8) is 0 Å². The van der Waals surface area contributed by atoms with Crippen molar-refractivity contribution in [2.24, 2.45) is 0 Å². The summed E-state index contributed by atoms with van der Waals surface area (Å²) in [5.41, 5.74) is 8.62. The maximum atomic E-state index is 13.1. The molecule has 4 atom stereocenters. The Morgan fingerprint density at radius 1 is 0.725 bits per heavy atom. The molecule has 1 aliphatic carbocycles. The van der Waals surface area contributed by atoms with Crippen molar-refractivity contribution in [3.05, 3.63) is 71.6 Å². The first kappa shape index (κ1) is 33.8. The SMILES string of the molecule is COC(=O)N[C@H](C)C(=O)N1CCC[C@@H]1c1ncc(-c2ccc3c(c2)Cc2cc(-c4cnc([C@H]5CCCN5C(=O)[C@@H](C)NC(=O)OC)[nH]4)ccc2-3)[nH]1. The molecule has 4 heterocycles. The number of benzene rings is 2. The number of nitrogens with one attached hydrogen (secondary N) is 4. The third-order valence-electron chi connectivity index (χ3n) is 10.2. The van der Waals surface area contributed by atoms with Gasteiger partial charge in [0.05, 0.1) is 50.1 Å². The summed E-state index contributed by atoms with van der Waals surface area (Å²) in [4.78, 5) is 69.4. The lowest BCUT2D eigenvalue weighted by molar-refractivity contribution is -0.134. The van der Waals surface area contributed by atoms with Crippen LogP contribution in [0.5, 0.6) is 0 Å². The second-order valence-corrected chi connectivity index (χ2v) is 13.4. The number of amides is 4. The van der Waals surface area contributed by atoms with Gasteiger partial charge in [-0.3, -0.25) is 9.59 Å². The second kappa shape index (κ2) is 13.9. The van der Waals surface area contributed by atoms with Crippen LogP contribution >= 0.6 is 0 Å². The topological polar surface area (TPSA) is 175 Å². The number of rotatable bonds is 8. The molecular formula is C37H42N8O6. The highest BCUT2D eigenvalue weighted by molar-refractivity contribution is 5.87. The zero-order valence-electron chi connectivity index (χ0n) is 29.1. The predicted molar refractivity (Wildman–Crippen MR) is 187 cm³/mol. The molecule has 51 heavy (non-hydrogen) atoms. The largest absolute Gasteiger partial charge is 0.453 e. The third-order valence-corrected chi connectivity index (χ3v) is 10.2. The average molecular weight is 695 g/mol. The van der Waals surface area contributed by atoms with E-state index >= 15 is 0 Å². The van der Waals surface area contributed by atoms with E-state index in [0.29, 0.717) is 13.1 Å². The van der Waals surface area contributed by atoms with Crippen molar-refractivity contribution in [3.8, 4) is 33.6 Å². The number of methoxy groups -OCH3 is 2. The number of ether oxygens (including phenoxy) is 2. The Kier molecular flexibility index (Phi) is 9.23. The van der Waals surface area contributed by atoms with Crippen molar-refractivity contribution < 1.29 is 28.7 Å². The number of aromatic nitrogens is 4. The molecule has 2 aromatic heterocycles. The van der Waals surface area contributed by atoms with Gasteiger partial charge >= 0.3 is 12.2 Å². The van der Waals surface area contributed by atoms with E-state index in [1.807, 2.05) is 12.4 Å². The molecule has 0 radical (unpaired) electrons. The fourth-order valence-corrected chi connectivity index (χ4v) is 7.57. The maximum Gasteiger partial charge on any atom is 0.407 e. The summed E-state index contributed by atoms with van der Waals surface area (Å²) in [5, 5.41) is 5.13. The fraction of sp³-hybridized carbons (Fsp3) is 0.405. The number of alkyl carbamates (subject to hydrolysis) is 2. The van der Waals surface area contributed by atoms with Gasteiger partial charge in [0.1, 0.15) is 23.7 Å². The van der Waals surface area contributed by atoms with Crippen LogP contribution in [0, 0.1) is 0 Å². The molecular weight excluding hydrogens is 652 g/mol. The number of hydrogen-bond acceptors (Lipinski definition) is 8. The minimum atomic E-state index is -0.706. The summed E-state index contributed by atoms with van der Waals surface area (Å²) in [7, 11) is 2.55. The van der Waals surface area contributed by atoms with E-state index in [4.69, 9.17) is 0 Å². The monoisotopic (exact) mass is 694 g/mol. The predicted octanol–water partition coefficient (Wildman–Crippen LogP) is 4.85. The van der Waals surface area contributed by atoms with E-state index < -0.39 is 24.3 Å². The Balaban J connectivity index is 1.04. The van der Waals surface area contributed by atoms with Gasteiger partial charge in [0, 0.05) is 13.1 Å². The van der Waals surface area contributed by atoms with Crippen LogP contribution in [0.4, 0.5) is 9.59 Å². The first-order valence-electron chi connectivity index (χ1n) is 17.3. The van der Waals surface area contributed by atoms with Gasteiger partial charge < -0.3 is 39.9 Å². The van der Waals surface area contributed by atoms with E-state index in [0.717, 1.165) is 66.3 Å². The lowest BCUT2D eigenvalue weighted by atomic mass is 10.0. The molecule has 266 valence electrons. The Morgan fingerprint density at radius 3 is 1.57 bits per heavy atom. The standard InChI is InChI=1S/C37H42N8O6/c1-20(40-36(48)50-3)34(46)44-13-5-7-30(44)32-38-18-28(42-32)22-9-11-26-24(15-22)17-25-16-23(10-12-27(25)26)29-19-39-33(43-29)31-8-6-14-45(31)35(47)21(2)41-37(49)51-4/h9-12,15-16,18-21,30-31H,5-8,13-14,17H2,1-4H3,(H,38,42)(H,39,43)(H,40,48)(H,41,49)/t20-,21-,30-,31-/m1/s1. The number of imidazole rings is 2. The number of likely N-dealkylation sites (tertiary alicyclic amines) is 2. The molecule has 3 aliphatic rings. The van der Waals surface area contributed by atoms with E-state index in [-0.39, 0.29) is 23.9 Å². The van der Waals surface area contributed by atoms with Gasteiger partial charge in [-0.05, 0) is 91.5 Å². The van der Waals surface area contributed by atoms with Crippen LogP contribution in [0.15, 0.2) is 48.8 Å². The summed E-state index contributed by atoms with van der Waals surface area (Å²) in [6.07, 6.45) is 6.42. The first-order chi connectivity index (χ1) is 24.6. The molecule has 4 aromatic rings. The molecule has 4 N–H and O–H groups in total. The molecule has 2 fully saturated rings. The molecule has 0 spiro atoms. The van der Waals surface area contributed by atoms with Crippen LogP contribution < -0.4 is 10.6 Å². The Labute approximate surface area is 295 Å². The highest BCUT2D eigenvalue weighted by Gasteiger charge is 2.36. The molecule has 14 heteroatoms. The minimum absolute atomic E-state index is 0.169. The van der Waals surface area contributed by atoms with Crippen LogP contribution in [0.25, 0.3) is 33.6 Å². The highest BCUT2D eigenvalue weighted by atomic mass is 16.5. The molecule has 4 amide bonds. The Morgan fingerprint density at radius 2 is 1.16 bits per heavy atom. The second-order valence-electron chi connectivity index (χ2n) is 13.4. The Bertz CT molecular complexity index is 1850. The number of fused-ring (bicyclic) bond motifs is 3. The number of H-pyrrole nitrogens is 2. The van der Waals surface area contributed by atoms with Crippen LogP contribution in [0.2, 0.25) is 0 Å². The van der Waals surface area contributed by atoms with Crippen molar-refractivity contribution >= 4 is 24.0 Å². The van der Waals surface area contributed by atoms with Gasteiger partial charge in [-0.25, -0.2) is 19.6 Å². The molecule has 7 rings (SSSR count). The molecule has 2 aliphatic heterocycles. The maximum absolute atomic E-state index is 13.1. The molecule has 0 bridgehead atoms. The zero-order valence-corrected chi connectivity index (χ0v) is 29.1. The van der Waals surface area contributed by atoms with E-state index in [2.05, 4.69) is 76.4 Å². The summed E-state index contributed by atoms with van der Waals surface area (Å²) in [6, 6.07) is 11.1. The van der Waals surface area contributed by atoms with Crippen LogP contribution in [0.1, 0.15) is 74.4 Å². The lowest BCUT2D eigenvalue weighted by Crippen LogP contribution is -2.46. The van der Waals surface area contributed by atoms with Gasteiger partial charge in [-0.1, -0.05) is 24.3 Å². The van der Waals surface area contributed by atoms with Crippen molar-refractivity contribution in [2.45, 2.75) is 70.1 Å². The van der Waals surface area contributed by atoms with Gasteiger partial charge in [0.25, 0.3) is 0 Å². The highest BCUT2D eigenvalue weighted by Crippen LogP contribution is 2.41. The number of aromatic amines is 2. The summed E-state index contributed by atoms with van der Waals surface area (Å²) in [6.45, 7) is 4.51. The van der Waals surface area contributed by atoms with Crippen molar-refractivity contribution in [1.29, 1.82) is 0 Å². The molecule has 2 saturated heterocycles. The van der Waals surface area contributed by atoms with Crippen molar-refractivity contribution in [2.75, 3.05) is 27.3 Å². The van der Waals surface area contributed by atoms with Crippen molar-refractivity contribution in [1.82, 2.24) is 40.4 Å². The van der Waals surface area contributed by atoms with Gasteiger partial charge in [-0.2, -0.15) is 0 Å². The number of carbonyl (C=O) groups excluding carboxylic acids is 4. The molecule has 14 nitrogen and oxygen atoms in total. The third kappa shape index (κ3) is 6.53. The van der Waals surface area contributed by atoms with E-state index in [1.54, 1.807) is 23.6 Å². The fourth-order valence-electron chi connectivity index (χ4n) is 7.57. The van der Waals surface area contributed by atoms with Gasteiger partial charge in [-0.15, -0.1) is 0 Å². The summed E-state index contributed by atoms with van der Waals surface area (Å²) in [5.74, 6) is 1.12. The summed E-state index contributed by atoms with van der Waals surface area (Å²) < 4.78 is 9.31. The van der Waals surface area contributed by atoms with E-state index in [9.17, 15) is 19.2 Å². The van der Waals surface area contributed by atoms with Crippen LogP contribution in [-0.4, -0.2) is 93.1 Å².